The van der Waals surface area contributed by atoms with Crippen LogP contribution in [0.4, 0.5) is 0 Å². The van der Waals surface area contributed by atoms with Crippen molar-refractivity contribution in [1.29, 1.82) is 0 Å². The highest BCUT2D eigenvalue weighted by molar-refractivity contribution is 5.97. The maximum atomic E-state index is 13.5. The summed E-state index contributed by atoms with van der Waals surface area (Å²) in [4.78, 5) is 49.3. The molecule has 1 aromatic carbocycles. The second-order valence-corrected chi connectivity index (χ2v) is 9.51. The third-order valence-electron chi connectivity index (χ3n) is 7.30. The van der Waals surface area contributed by atoms with Gasteiger partial charge in [-0.2, -0.15) is 0 Å². The Kier molecular flexibility index (Phi) is 5.20. The fourth-order valence-corrected chi connectivity index (χ4v) is 5.16. The number of hydrogen-bond donors (Lipinski definition) is 1. The van der Waals surface area contributed by atoms with Gasteiger partial charge in [-0.25, -0.2) is 14.8 Å². The molecular formula is C24H29N7O4. The Hall–Kier alpha value is -3.73. The van der Waals surface area contributed by atoms with E-state index in [2.05, 4.69) is 21.5 Å². The van der Waals surface area contributed by atoms with E-state index in [4.69, 9.17) is 0 Å². The molecule has 0 radical (unpaired) electrons. The number of nitrogens with zero attached hydrogens (tertiary/aromatic N) is 7. The lowest BCUT2D eigenvalue weighted by molar-refractivity contribution is -0.0432. The van der Waals surface area contributed by atoms with Crippen LogP contribution in [0.25, 0.3) is 22.2 Å². The van der Waals surface area contributed by atoms with Crippen LogP contribution in [-0.2, 0) is 20.6 Å². The molecule has 0 unspecified atom stereocenters. The zero-order chi connectivity index (χ0) is 25.2. The van der Waals surface area contributed by atoms with Crippen molar-refractivity contribution in [3.8, 4) is 0 Å². The van der Waals surface area contributed by atoms with Crippen molar-refractivity contribution in [3.05, 3.63) is 56.8 Å². The second kappa shape index (κ2) is 7.91. The second-order valence-electron chi connectivity index (χ2n) is 9.51. The van der Waals surface area contributed by atoms with Gasteiger partial charge in [0.15, 0.2) is 11.2 Å². The van der Waals surface area contributed by atoms with Gasteiger partial charge in [0, 0.05) is 39.3 Å². The molecular weight excluding hydrogens is 450 g/mol. The van der Waals surface area contributed by atoms with E-state index in [0.29, 0.717) is 18.5 Å². The van der Waals surface area contributed by atoms with Crippen LogP contribution in [0.15, 0.2) is 34.1 Å². The Morgan fingerprint density at radius 3 is 2.69 bits per heavy atom. The number of aryl methyl sites for hydroxylation is 3. The van der Waals surface area contributed by atoms with Gasteiger partial charge in [-0.1, -0.05) is 0 Å². The van der Waals surface area contributed by atoms with Crippen LogP contribution >= 0.6 is 0 Å². The number of benzene rings is 1. The molecule has 1 fully saturated rings. The third kappa shape index (κ3) is 3.41. The van der Waals surface area contributed by atoms with Crippen LogP contribution in [0.1, 0.15) is 42.5 Å². The van der Waals surface area contributed by atoms with Gasteiger partial charge < -0.3 is 19.1 Å². The van der Waals surface area contributed by atoms with Gasteiger partial charge in [-0.05, 0) is 45.4 Å². The summed E-state index contributed by atoms with van der Waals surface area (Å²) in [5.74, 6) is 0.727. The minimum atomic E-state index is -1.19. The van der Waals surface area contributed by atoms with Crippen molar-refractivity contribution < 1.29 is 9.90 Å². The predicted molar refractivity (Wildman–Crippen MR) is 131 cm³/mol. The number of rotatable bonds is 3. The summed E-state index contributed by atoms with van der Waals surface area (Å²) in [6.07, 6.45) is 1.78. The lowest BCUT2D eigenvalue weighted by Gasteiger charge is -2.43. The summed E-state index contributed by atoms with van der Waals surface area (Å²) in [5, 5.41) is 11.2. The highest BCUT2D eigenvalue weighted by Gasteiger charge is 2.41. The van der Waals surface area contributed by atoms with Crippen molar-refractivity contribution in [2.45, 2.75) is 45.4 Å². The topological polar surface area (TPSA) is 120 Å². The Balaban J connectivity index is 1.53. The van der Waals surface area contributed by atoms with Crippen molar-refractivity contribution in [2.24, 2.45) is 14.1 Å². The average molecular weight is 480 g/mol. The maximum Gasteiger partial charge on any atom is 0.332 e. The molecule has 0 aliphatic carbocycles. The van der Waals surface area contributed by atoms with Crippen LogP contribution in [-0.4, -0.2) is 62.8 Å². The summed E-state index contributed by atoms with van der Waals surface area (Å²) >= 11 is 0. The summed E-state index contributed by atoms with van der Waals surface area (Å²) in [6.45, 7) is 7.04. The molecule has 1 aliphatic rings. The molecule has 4 aromatic rings. The number of carbonyl (C=O) groups is 1. The van der Waals surface area contributed by atoms with Crippen molar-refractivity contribution in [2.75, 3.05) is 13.1 Å². The summed E-state index contributed by atoms with van der Waals surface area (Å²) < 4.78 is 6.02. The van der Waals surface area contributed by atoms with Crippen LogP contribution in [0.3, 0.4) is 0 Å². The maximum absolute atomic E-state index is 13.5. The molecule has 0 spiro atoms. The van der Waals surface area contributed by atoms with E-state index in [1.165, 1.54) is 17.9 Å². The van der Waals surface area contributed by atoms with E-state index in [1.807, 2.05) is 13.0 Å². The van der Waals surface area contributed by atoms with Crippen LogP contribution in [0.5, 0.6) is 0 Å². The number of piperidine rings is 1. The molecule has 11 heteroatoms. The number of aliphatic hydroxyl groups is 1. The first-order valence-corrected chi connectivity index (χ1v) is 11.7. The van der Waals surface area contributed by atoms with Gasteiger partial charge in [0.25, 0.3) is 11.5 Å². The van der Waals surface area contributed by atoms with Crippen molar-refractivity contribution >= 4 is 28.1 Å². The number of fused-ring (bicyclic) bond motifs is 2. The number of aromatic nitrogens is 6. The van der Waals surface area contributed by atoms with E-state index < -0.39 is 22.9 Å². The standard InChI is InChI=1S/C24H29N7O4/c1-6-30-14(2)26-16-11-15(7-8-17(16)30)21(32)29-10-9-24(3,35)18(12-29)31-13-25-20-19(31)22(33)28(5)23(34)27(20)4/h7-8,11,13,18,35H,6,9-10,12H2,1-5H3/t18-,24-/m0/s1. The summed E-state index contributed by atoms with van der Waals surface area (Å²) in [5.41, 5.74) is 0.565. The zero-order valence-electron chi connectivity index (χ0n) is 20.5. The fourth-order valence-electron chi connectivity index (χ4n) is 5.16. The van der Waals surface area contributed by atoms with Gasteiger partial charge in [0.1, 0.15) is 5.82 Å². The Morgan fingerprint density at radius 2 is 1.97 bits per heavy atom. The zero-order valence-corrected chi connectivity index (χ0v) is 20.5. The van der Waals surface area contributed by atoms with E-state index in [9.17, 15) is 19.5 Å². The van der Waals surface area contributed by atoms with E-state index in [-0.39, 0.29) is 23.6 Å². The minimum absolute atomic E-state index is 0.166. The Morgan fingerprint density at radius 1 is 1.23 bits per heavy atom. The molecule has 4 heterocycles. The molecule has 3 aromatic heterocycles. The predicted octanol–water partition coefficient (Wildman–Crippen LogP) is 0.950. The first kappa shape index (κ1) is 23.0. The molecule has 1 saturated heterocycles. The van der Waals surface area contributed by atoms with E-state index in [1.54, 1.807) is 35.6 Å². The van der Waals surface area contributed by atoms with Gasteiger partial charge in [0.05, 0.1) is 29.0 Å². The lowest BCUT2D eigenvalue weighted by Crippen LogP contribution is -2.53. The summed E-state index contributed by atoms with van der Waals surface area (Å²) in [6, 6.07) is 4.90. The fraction of sp³-hybridized carbons (Fsp3) is 0.458. The average Bonchev–Trinajstić information content (AvgIpc) is 3.40. The first-order valence-electron chi connectivity index (χ1n) is 11.7. The van der Waals surface area contributed by atoms with Gasteiger partial charge in [0.2, 0.25) is 0 Å². The first-order chi connectivity index (χ1) is 16.5. The van der Waals surface area contributed by atoms with E-state index >= 15 is 0 Å². The van der Waals surface area contributed by atoms with Gasteiger partial charge in [-0.3, -0.25) is 18.7 Å². The van der Waals surface area contributed by atoms with Crippen molar-refractivity contribution in [1.82, 2.24) is 33.1 Å². The van der Waals surface area contributed by atoms with Crippen LogP contribution in [0, 0.1) is 6.92 Å². The molecule has 1 aliphatic heterocycles. The van der Waals surface area contributed by atoms with Gasteiger partial charge in [-0.15, -0.1) is 0 Å². The molecule has 1 amide bonds. The molecule has 35 heavy (non-hydrogen) atoms. The normalized spacial score (nSPS) is 20.7. The number of likely N-dealkylation sites (tertiary alicyclic amines) is 1. The number of amides is 1. The lowest BCUT2D eigenvalue weighted by atomic mass is 9.87. The highest BCUT2D eigenvalue weighted by Crippen LogP contribution is 2.34. The molecule has 11 nitrogen and oxygen atoms in total. The number of imidazole rings is 2. The van der Waals surface area contributed by atoms with E-state index in [0.717, 1.165) is 28.0 Å². The summed E-state index contributed by atoms with van der Waals surface area (Å²) in [7, 11) is 2.96. The minimum Gasteiger partial charge on any atom is -0.388 e. The number of hydrogen-bond acceptors (Lipinski definition) is 6. The van der Waals surface area contributed by atoms with Crippen molar-refractivity contribution in [3.63, 3.8) is 0 Å². The SMILES string of the molecule is CCn1c(C)nc2cc(C(=O)N3CC[C@](C)(O)[C@@H](n4cnc5c4c(=O)n(C)c(=O)n5C)C3)ccc21. The monoisotopic (exact) mass is 479 g/mol. The molecule has 184 valence electrons. The third-order valence-corrected chi connectivity index (χ3v) is 7.30. The molecule has 2 atom stereocenters. The van der Waals surface area contributed by atoms with Gasteiger partial charge >= 0.3 is 5.69 Å². The number of carbonyl (C=O) groups excluding carboxylic acids is 1. The molecule has 0 saturated carbocycles. The van der Waals surface area contributed by atoms with Crippen LogP contribution < -0.4 is 11.2 Å². The highest BCUT2D eigenvalue weighted by atomic mass is 16.3. The Labute approximate surface area is 200 Å². The largest absolute Gasteiger partial charge is 0.388 e. The Bertz CT molecular complexity index is 1600. The molecule has 1 N–H and O–H groups in total. The molecule has 0 bridgehead atoms. The molecule has 5 rings (SSSR count). The van der Waals surface area contributed by atoms with Crippen LogP contribution in [0.2, 0.25) is 0 Å². The quantitative estimate of drug-likeness (QED) is 0.467. The smallest absolute Gasteiger partial charge is 0.332 e.